The predicted octanol–water partition coefficient (Wildman–Crippen LogP) is 1.92. The maximum Gasteiger partial charge on any atom is 0.498 e. The lowest BCUT2D eigenvalue weighted by Crippen LogP contribution is -2.41. The number of nitrogens with zero attached hydrogens (tertiary/aromatic N) is 1. The number of methoxy groups -OCH3 is 1. The van der Waals surface area contributed by atoms with Gasteiger partial charge in [0.15, 0.2) is 0 Å². The molecule has 0 aliphatic carbocycles. The maximum atomic E-state index is 11.1. The summed E-state index contributed by atoms with van der Waals surface area (Å²) < 4.78 is 22.6. The Balaban J connectivity index is 2.34. The molecule has 1 saturated heterocycles. The molecule has 0 atom stereocenters. The van der Waals surface area contributed by atoms with Gasteiger partial charge in [0.05, 0.1) is 22.7 Å². The summed E-state index contributed by atoms with van der Waals surface area (Å²) in [4.78, 5) is 10.6. The number of rotatable bonds is 6. The molecule has 126 valence electrons. The van der Waals surface area contributed by atoms with Gasteiger partial charge in [-0.15, -0.1) is 0 Å². The summed E-state index contributed by atoms with van der Waals surface area (Å²) in [7, 11) is 0.853. The normalized spacial score (nSPS) is 18.9. The van der Waals surface area contributed by atoms with Crippen LogP contribution in [0.25, 0.3) is 0 Å². The summed E-state index contributed by atoms with van der Waals surface area (Å²) in [6.07, 6.45) is 0. The first kappa shape index (κ1) is 17.7. The second-order valence-electron chi connectivity index (χ2n) is 6.41. The third-order valence-electron chi connectivity index (χ3n) is 4.26. The molecule has 0 amide bonds. The third kappa shape index (κ3) is 3.65. The monoisotopic (exact) mass is 323 g/mol. The van der Waals surface area contributed by atoms with Gasteiger partial charge >= 0.3 is 7.12 Å². The van der Waals surface area contributed by atoms with Crippen LogP contribution in [0.4, 0.5) is 5.69 Å². The Morgan fingerprint density at radius 2 is 1.78 bits per heavy atom. The molecule has 1 aromatic carbocycles. The van der Waals surface area contributed by atoms with Crippen molar-refractivity contribution in [1.82, 2.24) is 0 Å². The smallest absolute Gasteiger partial charge is 0.492 e. The lowest BCUT2D eigenvalue weighted by atomic mass is 9.78. The van der Waals surface area contributed by atoms with Crippen LogP contribution in [-0.2, 0) is 14.0 Å². The van der Waals surface area contributed by atoms with Crippen molar-refractivity contribution in [2.45, 2.75) is 38.9 Å². The van der Waals surface area contributed by atoms with Gasteiger partial charge in [0.2, 0.25) is 0 Å². The predicted molar refractivity (Wildman–Crippen MR) is 86.2 cm³/mol. The van der Waals surface area contributed by atoms with Crippen LogP contribution in [0.3, 0.4) is 0 Å². The Kier molecular flexibility index (Phi) is 4.98. The van der Waals surface area contributed by atoms with Crippen LogP contribution >= 0.6 is 0 Å². The van der Waals surface area contributed by atoms with Crippen LogP contribution in [0.2, 0.25) is 0 Å². The Morgan fingerprint density at radius 3 is 2.30 bits per heavy atom. The van der Waals surface area contributed by atoms with E-state index in [1.54, 1.807) is 13.2 Å². The van der Waals surface area contributed by atoms with Crippen molar-refractivity contribution in [3.05, 3.63) is 28.3 Å². The molecule has 2 rings (SSSR count). The van der Waals surface area contributed by atoms with Crippen molar-refractivity contribution in [2.24, 2.45) is 0 Å². The summed E-state index contributed by atoms with van der Waals surface area (Å²) in [5, 5.41) is 11.1. The number of hydrogen-bond acceptors (Lipinski definition) is 6. The second-order valence-corrected chi connectivity index (χ2v) is 6.41. The van der Waals surface area contributed by atoms with E-state index in [4.69, 9.17) is 18.8 Å². The Labute approximate surface area is 136 Å². The van der Waals surface area contributed by atoms with E-state index in [2.05, 4.69) is 0 Å². The number of nitro groups is 1. The zero-order valence-corrected chi connectivity index (χ0v) is 14.1. The highest BCUT2D eigenvalue weighted by Crippen LogP contribution is 2.37. The molecule has 1 fully saturated rings. The standard InChI is InChI=1S/C15H22BNO6/c1-14(2)15(3,4)23-16(22-14)12-10-11(17(18)19)6-7-13(12)21-9-8-20-5/h6-7,10H,8-9H2,1-5H3. The molecule has 1 heterocycles. The second kappa shape index (κ2) is 6.47. The van der Waals surface area contributed by atoms with E-state index in [1.165, 1.54) is 12.1 Å². The SMILES string of the molecule is COCCOc1ccc([N+](=O)[O-])cc1B1OC(C)(C)C(C)(C)O1. The van der Waals surface area contributed by atoms with Gasteiger partial charge in [0.25, 0.3) is 5.69 Å². The Bertz CT molecular complexity index is 573. The van der Waals surface area contributed by atoms with Crippen molar-refractivity contribution in [2.75, 3.05) is 20.3 Å². The minimum Gasteiger partial charge on any atom is -0.492 e. The molecule has 1 aromatic rings. The van der Waals surface area contributed by atoms with E-state index >= 15 is 0 Å². The van der Waals surface area contributed by atoms with E-state index in [9.17, 15) is 10.1 Å². The molecular weight excluding hydrogens is 301 g/mol. The van der Waals surface area contributed by atoms with Crippen LogP contribution < -0.4 is 10.2 Å². The van der Waals surface area contributed by atoms with Gasteiger partial charge in [-0.25, -0.2) is 0 Å². The quantitative estimate of drug-likeness (QED) is 0.344. The van der Waals surface area contributed by atoms with Crippen LogP contribution in [0.1, 0.15) is 27.7 Å². The maximum absolute atomic E-state index is 11.1. The molecule has 8 heteroatoms. The lowest BCUT2D eigenvalue weighted by molar-refractivity contribution is -0.384. The van der Waals surface area contributed by atoms with Crippen molar-refractivity contribution < 1.29 is 23.7 Å². The summed E-state index contributed by atoms with van der Waals surface area (Å²) in [6.45, 7) is 8.46. The first-order chi connectivity index (χ1) is 10.7. The number of hydrogen-bond donors (Lipinski definition) is 0. The average molecular weight is 323 g/mol. The largest absolute Gasteiger partial charge is 0.498 e. The molecule has 0 N–H and O–H groups in total. The molecule has 0 spiro atoms. The average Bonchev–Trinajstić information content (AvgIpc) is 2.67. The highest BCUT2D eigenvalue weighted by Gasteiger charge is 2.52. The highest BCUT2D eigenvalue weighted by atomic mass is 16.7. The molecule has 0 radical (unpaired) electrons. The highest BCUT2D eigenvalue weighted by molar-refractivity contribution is 6.63. The topological polar surface area (TPSA) is 80.1 Å². The molecule has 1 aliphatic heterocycles. The molecule has 0 bridgehead atoms. The molecule has 0 unspecified atom stereocenters. The summed E-state index contributed by atoms with van der Waals surface area (Å²) in [6, 6.07) is 4.40. The van der Waals surface area contributed by atoms with Crippen molar-refractivity contribution >= 4 is 18.3 Å². The van der Waals surface area contributed by atoms with E-state index < -0.39 is 23.2 Å². The van der Waals surface area contributed by atoms with Crippen LogP contribution in [0, 0.1) is 10.1 Å². The molecule has 7 nitrogen and oxygen atoms in total. The first-order valence-electron chi connectivity index (χ1n) is 7.43. The van der Waals surface area contributed by atoms with Gasteiger partial charge < -0.3 is 18.8 Å². The zero-order chi connectivity index (χ0) is 17.3. The molecule has 23 heavy (non-hydrogen) atoms. The van der Waals surface area contributed by atoms with Crippen molar-refractivity contribution in [3.8, 4) is 5.75 Å². The summed E-state index contributed by atoms with van der Waals surface area (Å²) in [5.74, 6) is 0.492. The van der Waals surface area contributed by atoms with E-state index in [-0.39, 0.29) is 5.69 Å². The van der Waals surface area contributed by atoms with Gasteiger partial charge in [-0.05, 0) is 33.8 Å². The minimum atomic E-state index is -0.725. The minimum absolute atomic E-state index is 0.0335. The molecule has 0 saturated carbocycles. The van der Waals surface area contributed by atoms with Gasteiger partial charge in [-0.2, -0.15) is 0 Å². The van der Waals surface area contributed by atoms with E-state index in [1.807, 2.05) is 27.7 Å². The van der Waals surface area contributed by atoms with E-state index in [0.717, 1.165) is 0 Å². The van der Waals surface area contributed by atoms with Gasteiger partial charge in [0.1, 0.15) is 12.4 Å². The van der Waals surface area contributed by atoms with Crippen LogP contribution in [0.5, 0.6) is 5.75 Å². The summed E-state index contributed by atoms with van der Waals surface area (Å²) in [5.41, 5.74) is -0.596. The third-order valence-corrected chi connectivity index (χ3v) is 4.26. The lowest BCUT2D eigenvalue weighted by Gasteiger charge is -2.32. The fourth-order valence-electron chi connectivity index (χ4n) is 2.17. The Morgan fingerprint density at radius 1 is 1.17 bits per heavy atom. The molecule has 1 aliphatic rings. The van der Waals surface area contributed by atoms with E-state index in [0.29, 0.717) is 24.4 Å². The summed E-state index contributed by atoms with van der Waals surface area (Å²) >= 11 is 0. The van der Waals surface area contributed by atoms with Crippen molar-refractivity contribution in [1.29, 1.82) is 0 Å². The number of ether oxygens (including phenoxy) is 2. The van der Waals surface area contributed by atoms with Gasteiger partial charge in [-0.1, -0.05) is 0 Å². The molecular formula is C15H22BNO6. The van der Waals surface area contributed by atoms with Crippen LogP contribution in [-0.4, -0.2) is 43.6 Å². The zero-order valence-electron chi connectivity index (χ0n) is 14.1. The van der Waals surface area contributed by atoms with Crippen molar-refractivity contribution in [3.63, 3.8) is 0 Å². The number of nitro benzene ring substituents is 1. The van der Waals surface area contributed by atoms with Gasteiger partial charge in [0, 0.05) is 24.7 Å². The number of non-ortho nitro benzene ring substituents is 1. The number of benzene rings is 1. The first-order valence-corrected chi connectivity index (χ1v) is 7.43. The fraction of sp³-hybridized carbons (Fsp3) is 0.600. The fourth-order valence-corrected chi connectivity index (χ4v) is 2.17. The Hall–Kier alpha value is -1.64. The van der Waals surface area contributed by atoms with Gasteiger partial charge in [-0.3, -0.25) is 10.1 Å². The van der Waals surface area contributed by atoms with Crippen LogP contribution in [0.15, 0.2) is 18.2 Å². The molecule has 0 aromatic heterocycles.